The second-order valence-corrected chi connectivity index (χ2v) is 6.98. The standard InChI is InChI=1S/C19H20BrN3/c1-10-5-12(3)18(13(4)6-10)23-19-14-7-11(2)8-16(21)17(14)15(20)9-22-19/h5-9H,21H2,1-4H3,(H,22,23). The van der Waals surface area contributed by atoms with Crippen molar-refractivity contribution in [3.63, 3.8) is 0 Å². The van der Waals surface area contributed by atoms with Gasteiger partial charge in [-0.15, -0.1) is 0 Å². The number of anilines is 3. The van der Waals surface area contributed by atoms with Gasteiger partial charge >= 0.3 is 0 Å². The Hall–Kier alpha value is -2.07. The van der Waals surface area contributed by atoms with Crippen molar-refractivity contribution in [1.29, 1.82) is 0 Å². The zero-order chi connectivity index (χ0) is 16.7. The van der Waals surface area contributed by atoms with Gasteiger partial charge in [-0.1, -0.05) is 17.7 Å². The van der Waals surface area contributed by atoms with Crippen molar-refractivity contribution < 1.29 is 0 Å². The lowest BCUT2D eigenvalue weighted by Crippen LogP contribution is -2.01. The summed E-state index contributed by atoms with van der Waals surface area (Å²) >= 11 is 3.56. The lowest BCUT2D eigenvalue weighted by Gasteiger charge is -2.16. The Kier molecular flexibility index (Phi) is 4.02. The fourth-order valence-electron chi connectivity index (χ4n) is 3.12. The van der Waals surface area contributed by atoms with Crippen molar-refractivity contribution in [1.82, 2.24) is 4.98 Å². The zero-order valence-corrected chi connectivity index (χ0v) is 15.4. The SMILES string of the molecule is Cc1cc(C)c(Nc2ncc(Br)c3c(N)cc(C)cc23)c(C)c1. The molecule has 4 heteroatoms. The third-order valence-electron chi connectivity index (χ3n) is 4.03. The molecule has 0 aliphatic heterocycles. The predicted octanol–water partition coefficient (Wildman–Crippen LogP) is 5.56. The Morgan fingerprint density at radius 2 is 1.57 bits per heavy atom. The van der Waals surface area contributed by atoms with E-state index < -0.39 is 0 Å². The van der Waals surface area contributed by atoms with Crippen LogP contribution in [0.2, 0.25) is 0 Å². The third kappa shape index (κ3) is 2.91. The number of nitrogens with one attached hydrogen (secondary N) is 1. The first kappa shape index (κ1) is 15.8. The number of aromatic nitrogens is 1. The molecule has 3 aromatic rings. The summed E-state index contributed by atoms with van der Waals surface area (Å²) in [5.41, 5.74) is 12.9. The number of hydrogen-bond donors (Lipinski definition) is 2. The molecule has 0 spiro atoms. The van der Waals surface area contributed by atoms with Gasteiger partial charge in [0.05, 0.1) is 0 Å². The number of nitrogens with two attached hydrogens (primary N) is 1. The molecular weight excluding hydrogens is 350 g/mol. The Morgan fingerprint density at radius 3 is 2.22 bits per heavy atom. The van der Waals surface area contributed by atoms with Crippen LogP contribution in [-0.4, -0.2) is 4.98 Å². The molecule has 3 rings (SSSR count). The van der Waals surface area contributed by atoms with Crippen LogP contribution in [0, 0.1) is 27.7 Å². The van der Waals surface area contributed by atoms with Gasteiger partial charge in [0.1, 0.15) is 5.82 Å². The van der Waals surface area contributed by atoms with E-state index in [4.69, 9.17) is 5.73 Å². The van der Waals surface area contributed by atoms with Crippen LogP contribution >= 0.6 is 15.9 Å². The van der Waals surface area contributed by atoms with Gasteiger partial charge in [0.2, 0.25) is 0 Å². The number of rotatable bonds is 2. The summed E-state index contributed by atoms with van der Waals surface area (Å²) in [6, 6.07) is 8.45. The van der Waals surface area contributed by atoms with Gasteiger partial charge < -0.3 is 11.1 Å². The molecule has 118 valence electrons. The molecule has 2 aromatic carbocycles. The number of halogens is 1. The molecule has 23 heavy (non-hydrogen) atoms. The second-order valence-electron chi connectivity index (χ2n) is 6.13. The largest absolute Gasteiger partial charge is 0.398 e. The highest BCUT2D eigenvalue weighted by Crippen LogP contribution is 2.35. The molecule has 0 fully saturated rings. The Labute approximate surface area is 145 Å². The first-order chi connectivity index (χ1) is 10.9. The molecule has 0 atom stereocenters. The first-order valence-corrected chi connectivity index (χ1v) is 8.35. The number of nitrogens with zero attached hydrogens (tertiary/aromatic N) is 1. The molecular formula is C19H20BrN3. The maximum atomic E-state index is 6.21. The summed E-state index contributed by atoms with van der Waals surface area (Å²) in [7, 11) is 0. The minimum absolute atomic E-state index is 0.759. The minimum atomic E-state index is 0.759. The van der Waals surface area contributed by atoms with E-state index >= 15 is 0 Å². The molecule has 0 aliphatic rings. The van der Waals surface area contributed by atoms with Gasteiger partial charge in [0, 0.05) is 32.8 Å². The molecule has 0 aliphatic carbocycles. The topological polar surface area (TPSA) is 50.9 Å². The molecule has 1 aromatic heterocycles. The lowest BCUT2D eigenvalue weighted by atomic mass is 10.0. The maximum Gasteiger partial charge on any atom is 0.138 e. The smallest absolute Gasteiger partial charge is 0.138 e. The van der Waals surface area contributed by atoms with Gasteiger partial charge in [-0.2, -0.15) is 0 Å². The van der Waals surface area contributed by atoms with Gasteiger partial charge in [0.15, 0.2) is 0 Å². The number of pyridine rings is 1. The summed E-state index contributed by atoms with van der Waals surface area (Å²) in [5, 5.41) is 5.53. The van der Waals surface area contributed by atoms with Crippen LogP contribution in [0.3, 0.4) is 0 Å². The summed E-state index contributed by atoms with van der Waals surface area (Å²) in [4.78, 5) is 4.58. The first-order valence-electron chi connectivity index (χ1n) is 7.56. The van der Waals surface area contributed by atoms with Crippen LogP contribution in [0.1, 0.15) is 22.3 Å². The van der Waals surface area contributed by atoms with Crippen molar-refractivity contribution >= 4 is 43.9 Å². The summed E-state index contributed by atoms with van der Waals surface area (Å²) in [6.45, 7) is 8.38. The number of benzene rings is 2. The molecule has 0 unspecified atom stereocenters. The quantitative estimate of drug-likeness (QED) is 0.581. The zero-order valence-electron chi connectivity index (χ0n) is 13.8. The minimum Gasteiger partial charge on any atom is -0.398 e. The highest BCUT2D eigenvalue weighted by molar-refractivity contribution is 9.10. The van der Waals surface area contributed by atoms with Crippen LogP contribution < -0.4 is 11.1 Å². The van der Waals surface area contributed by atoms with Crippen molar-refractivity contribution in [3.8, 4) is 0 Å². The lowest BCUT2D eigenvalue weighted by molar-refractivity contribution is 1.27. The van der Waals surface area contributed by atoms with Crippen molar-refractivity contribution in [2.24, 2.45) is 0 Å². The summed E-state index contributed by atoms with van der Waals surface area (Å²) in [6.07, 6.45) is 1.80. The average molecular weight is 370 g/mol. The summed E-state index contributed by atoms with van der Waals surface area (Å²) in [5.74, 6) is 0.827. The van der Waals surface area contributed by atoms with E-state index in [9.17, 15) is 0 Å². The van der Waals surface area contributed by atoms with Crippen molar-refractivity contribution in [3.05, 3.63) is 57.2 Å². The number of aryl methyl sites for hydroxylation is 4. The molecule has 0 saturated carbocycles. The Morgan fingerprint density at radius 1 is 0.957 bits per heavy atom. The van der Waals surface area contributed by atoms with Crippen LogP contribution in [0.25, 0.3) is 10.8 Å². The molecule has 0 saturated heterocycles. The number of fused-ring (bicyclic) bond motifs is 1. The van der Waals surface area contributed by atoms with E-state index in [0.717, 1.165) is 38.0 Å². The van der Waals surface area contributed by atoms with Crippen molar-refractivity contribution in [2.75, 3.05) is 11.1 Å². The van der Waals surface area contributed by atoms with Crippen LogP contribution in [-0.2, 0) is 0 Å². The van der Waals surface area contributed by atoms with Gasteiger partial charge in [-0.3, -0.25) is 0 Å². The highest BCUT2D eigenvalue weighted by atomic mass is 79.9. The van der Waals surface area contributed by atoms with E-state index in [0.29, 0.717) is 0 Å². The van der Waals surface area contributed by atoms with Gasteiger partial charge in [-0.05, 0) is 72.4 Å². The highest BCUT2D eigenvalue weighted by Gasteiger charge is 2.12. The van der Waals surface area contributed by atoms with E-state index in [-0.39, 0.29) is 0 Å². The second kappa shape index (κ2) is 5.85. The summed E-state index contributed by atoms with van der Waals surface area (Å²) < 4.78 is 0.910. The van der Waals surface area contributed by atoms with E-state index in [1.165, 1.54) is 16.7 Å². The molecule has 0 radical (unpaired) electrons. The van der Waals surface area contributed by atoms with Gasteiger partial charge in [0.25, 0.3) is 0 Å². The molecule has 0 amide bonds. The van der Waals surface area contributed by atoms with Crippen LogP contribution in [0.15, 0.2) is 34.9 Å². The average Bonchev–Trinajstić information content (AvgIpc) is 2.44. The monoisotopic (exact) mass is 369 g/mol. The fraction of sp³-hybridized carbons (Fsp3) is 0.211. The Bertz CT molecular complexity index is 893. The van der Waals surface area contributed by atoms with Crippen molar-refractivity contribution in [2.45, 2.75) is 27.7 Å². The third-order valence-corrected chi connectivity index (χ3v) is 4.64. The van der Waals surface area contributed by atoms with E-state index in [2.05, 4.69) is 65.2 Å². The Balaban J connectivity index is 2.21. The number of hydrogen-bond acceptors (Lipinski definition) is 3. The molecule has 3 N–H and O–H groups in total. The number of nitrogen functional groups attached to an aromatic ring is 1. The van der Waals surface area contributed by atoms with E-state index in [1.54, 1.807) is 6.20 Å². The maximum absolute atomic E-state index is 6.21. The van der Waals surface area contributed by atoms with E-state index in [1.807, 2.05) is 13.0 Å². The normalized spacial score (nSPS) is 11.0. The molecule has 1 heterocycles. The predicted molar refractivity (Wildman–Crippen MR) is 103 cm³/mol. The molecule has 0 bridgehead atoms. The van der Waals surface area contributed by atoms with Crippen LogP contribution in [0.4, 0.5) is 17.2 Å². The fourth-order valence-corrected chi connectivity index (χ4v) is 3.66. The van der Waals surface area contributed by atoms with Crippen LogP contribution in [0.5, 0.6) is 0 Å². The molecule has 3 nitrogen and oxygen atoms in total. The van der Waals surface area contributed by atoms with Gasteiger partial charge in [-0.25, -0.2) is 4.98 Å².